The Bertz CT molecular complexity index is 558. The maximum Gasteiger partial charge on any atom is 0.242 e. The minimum Gasteiger partial charge on any atom is -0.325 e. The lowest BCUT2D eigenvalue weighted by molar-refractivity contribution is -0.117. The van der Waals surface area contributed by atoms with Gasteiger partial charge in [0.1, 0.15) is 0 Å². The Morgan fingerprint density at radius 3 is 3.05 bits per heavy atom. The van der Waals surface area contributed by atoms with Crippen molar-refractivity contribution in [1.29, 1.82) is 0 Å². The first-order chi connectivity index (χ1) is 9.13. The number of hydrogen-bond acceptors (Lipinski definition) is 4. The minimum atomic E-state index is -0.186. The van der Waals surface area contributed by atoms with Gasteiger partial charge in [-0.3, -0.25) is 14.9 Å². The van der Waals surface area contributed by atoms with E-state index in [0.29, 0.717) is 17.1 Å². The molecule has 1 aromatic carbocycles. The molecule has 0 bridgehead atoms. The van der Waals surface area contributed by atoms with Gasteiger partial charge in [-0.05, 0) is 17.7 Å². The van der Waals surface area contributed by atoms with Crippen LogP contribution >= 0.6 is 23.4 Å². The van der Waals surface area contributed by atoms with Crippen molar-refractivity contribution < 1.29 is 9.59 Å². The Balaban J connectivity index is 1.79. The number of fused-ring (bicyclic) bond motifs is 1. The molecule has 1 atom stereocenters. The second kappa shape index (κ2) is 5.03. The van der Waals surface area contributed by atoms with Gasteiger partial charge < -0.3 is 10.6 Å². The molecular formula is C12H12ClN3O2S. The van der Waals surface area contributed by atoms with Gasteiger partial charge in [0, 0.05) is 17.3 Å². The van der Waals surface area contributed by atoms with Crippen molar-refractivity contribution in [3.8, 4) is 0 Å². The summed E-state index contributed by atoms with van der Waals surface area (Å²) >= 11 is 7.80. The Labute approximate surface area is 119 Å². The third kappa shape index (κ3) is 2.56. The molecule has 2 aliphatic heterocycles. The van der Waals surface area contributed by atoms with Crippen LogP contribution in [0.3, 0.4) is 0 Å². The summed E-state index contributed by atoms with van der Waals surface area (Å²) < 4.78 is 0. The van der Waals surface area contributed by atoms with E-state index in [4.69, 9.17) is 11.6 Å². The molecule has 0 radical (unpaired) electrons. The van der Waals surface area contributed by atoms with Crippen molar-refractivity contribution in [1.82, 2.24) is 5.32 Å². The lowest BCUT2D eigenvalue weighted by Gasteiger charge is -2.13. The standard InChI is InChI=1S/C12H12ClN3O2S/c13-7-3-8-6(2-11(17)15-8)1-9(7)16-12(18)10-4-19-5-14-10/h1,3,10,14H,2,4-5H2,(H,15,17)(H,16,18). The third-order valence-corrected chi connectivity index (χ3v) is 4.36. The molecule has 0 saturated carbocycles. The van der Waals surface area contributed by atoms with Crippen molar-refractivity contribution in [2.45, 2.75) is 12.5 Å². The van der Waals surface area contributed by atoms with Gasteiger partial charge in [0.05, 0.1) is 23.2 Å². The largest absolute Gasteiger partial charge is 0.325 e. The fourth-order valence-corrected chi connectivity index (χ4v) is 3.28. The number of hydrogen-bond donors (Lipinski definition) is 3. The lowest BCUT2D eigenvalue weighted by atomic mass is 10.1. The predicted molar refractivity (Wildman–Crippen MR) is 76.7 cm³/mol. The molecular weight excluding hydrogens is 286 g/mol. The van der Waals surface area contributed by atoms with Crippen molar-refractivity contribution in [2.75, 3.05) is 22.3 Å². The highest BCUT2D eigenvalue weighted by Crippen LogP contribution is 2.33. The summed E-state index contributed by atoms with van der Waals surface area (Å²) in [5, 5.41) is 9.06. The molecule has 2 amide bonds. The van der Waals surface area contributed by atoms with Crippen LogP contribution in [0.5, 0.6) is 0 Å². The fourth-order valence-electron chi connectivity index (χ4n) is 2.13. The molecule has 2 heterocycles. The second-order valence-corrected chi connectivity index (χ2v) is 5.91. The quantitative estimate of drug-likeness (QED) is 0.772. The van der Waals surface area contributed by atoms with Gasteiger partial charge in [0.25, 0.3) is 0 Å². The van der Waals surface area contributed by atoms with Crippen LogP contribution in [0.15, 0.2) is 12.1 Å². The molecule has 2 aliphatic rings. The van der Waals surface area contributed by atoms with Gasteiger partial charge in [-0.2, -0.15) is 0 Å². The maximum atomic E-state index is 12.0. The number of carbonyl (C=O) groups excluding carboxylic acids is 2. The highest BCUT2D eigenvalue weighted by atomic mass is 35.5. The first-order valence-electron chi connectivity index (χ1n) is 5.88. The summed E-state index contributed by atoms with van der Waals surface area (Å²) in [6, 6.07) is 3.25. The fraction of sp³-hybridized carbons (Fsp3) is 0.333. The highest BCUT2D eigenvalue weighted by Gasteiger charge is 2.24. The Morgan fingerprint density at radius 1 is 1.47 bits per heavy atom. The van der Waals surface area contributed by atoms with Crippen molar-refractivity contribution in [2.24, 2.45) is 0 Å². The Kier molecular flexibility index (Phi) is 3.38. The molecule has 0 aromatic heterocycles. The van der Waals surface area contributed by atoms with E-state index in [1.54, 1.807) is 23.9 Å². The second-order valence-electron chi connectivity index (χ2n) is 4.48. The molecule has 1 saturated heterocycles. The number of rotatable bonds is 2. The average Bonchev–Trinajstić information content (AvgIpc) is 2.97. The van der Waals surface area contributed by atoms with E-state index >= 15 is 0 Å². The molecule has 7 heteroatoms. The molecule has 0 aliphatic carbocycles. The van der Waals surface area contributed by atoms with Crippen molar-refractivity contribution in [3.63, 3.8) is 0 Å². The Morgan fingerprint density at radius 2 is 2.32 bits per heavy atom. The average molecular weight is 298 g/mol. The zero-order chi connectivity index (χ0) is 13.4. The molecule has 100 valence electrons. The third-order valence-electron chi connectivity index (χ3n) is 3.11. The summed E-state index contributed by atoms with van der Waals surface area (Å²) in [5.41, 5.74) is 2.14. The van der Waals surface area contributed by atoms with Crippen LogP contribution in [-0.4, -0.2) is 29.5 Å². The van der Waals surface area contributed by atoms with Crippen molar-refractivity contribution in [3.05, 3.63) is 22.7 Å². The monoisotopic (exact) mass is 297 g/mol. The number of thioether (sulfide) groups is 1. The van der Waals surface area contributed by atoms with Gasteiger partial charge in [0.15, 0.2) is 0 Å². The van der Waals surface area contributed by atoms with E-state index in [-0.39, 0.29) is 17.9 Å². The number of benzene rings is 1. The molecule has 1 unspecified atom stereocenters. The zero-order valence-corrected chi connectivity index (χ0v) is 11.5. The number of carbonyl (C=O) groups is 2. The van der Waals surface area contributed by atoms with Crippen LogP contribution in [0, 0.1) is 0 Å². The summed E-state index contributed by atoms with van der Waals surface area (Å²) in [6.45, 7) is 0. The molecule has 3 N–H and O–H groups in total. The first kappa shape index (κ1) is 12.8. The smallest absolute Gasteiger partial charge is 0.242 e. The van der Waals surface area contributed by atoms with Crippen LogP contribution < -0.4 is 16.0 Å². The van der Waals surface area contributed by atoms with Gasteiger partial charge >= 0.3 is 0 Å². The summed E-state index contributed by atoms with van der Waals surface area (Å²) in [6.07, 6.45) is 0.326. The van der Waals surface area contributed by atoms with Crippen LogP contribution in [0.4, 0.5) is 11.4 Å². The SMILES string of the molecule is O=C1Cc2cc(NC(=O)C3CSCN3)c(Cl)cc2N1. The maximum absolute atomic E-state index is 12.0. The van der Waals surface area contributed by atoms with Crippen LogP contribution in [-0.2, 0) is 16.0 Å². The van der Waals surface area contributed by atoms with E-state index in [0.717, 1.165) is 22.9 Å². The van der Waals surface area contributed by atoms with E-state index < -0.39 is 0 Å². The molecule has 0 spiro atoms. The van der Waals surface area contributed by atoms with Crippen LogP contribution in [0.25, 0.3) is 0 Å². The van der Waals surface area contributed by atoms with E-state index in [9.17, 15) is 9.59 Å². The predicted octanol–water partition coefficient (Wildman–Crippen LogP) is 1.44. The van der Waals surface area contributed by atoms with Gasteiger partial charge in [-0.25, -0.2) is 0 Å². The molecule has 19 heavy (non-hydrogen) atoms. The number of anilines is 2. The summed E-state index contributed by atoms with van der Waals surface area (Å²) in [7, 11) is 0. The van der Waals surface area contributed by atoms with Gasteiger partial charge in [0.2, 0.25) is 11.8 Å². The lowest BCUT2D eigenvalue weighted by Crippen LogP contribution is -2.37. The van der Waals surface area contributed by atoms with E-state index in [2.05, 4.69) is 16.0 Å². The van der Waals surface area contributed by atoms with Gasteiger partial charge in [-0.1, -0.05) is 11.6 Å². The summed E-state index contributed by atoms with van der Waals surface area (Å²) in [5.74, 6) is 1.40. The molecule has 1 aromatic rings. The highest BCUT2D eigenvalue weighted by molar-refractivity contribution is 7.99. The zero-order valence-electron chi connectivity index (χ0n) is 9.96. The topological polar surface area (TPSA) is 70.2 Å². The Hall–Kier alpha value is -1.24. The molecule has 3 rings (SSSR count). The number of halogens is 1. The van der Waals surface area contributed by atoms with E-state index in [1.165, 1.54) is 0 Å². The van der Waals surface area contributed by atoms with Gasteiger partial charge in [-0.15, -0.1) is 11.8 Å². The van der Waals surface area contributed by atoms with Crippen molar-refractivity contribution >= 4 is 46.6 Å². The molecule has 5 nitrogen and oxygen atoms in total. The first-order valence-corrected chi connectivity index (χ1v) is 7.41. The van der Waals surface area contributed by atoms with E-state index in [1.807, 2.05) is 0 Å². The van der Waals surface area contributed by atoms with Crippen LogP contribution in [0.1, 0.15) is 5.56 Å². The normalized spacial score (nSPS) is 21.1. The number of amides is 2. The summed E-state index contributed by atoms with van der Waals surface area (Å²) in [4.78, 5) is 23.3. The molecule has 1 fully saturated rings. The van der Waals surface area contributed by atoms with Crippen LogP contribution in [0.2, 0.25) is 5.02 Å². The minimum absolute atomic E-state index is 0.0524. The number of nitrogens with one attached hydrogen (secondary N) is 3.